The van der Waals surface area contributed by atoms with Gasteiger partial charge in [0.05, 0.1) is 38.4 Å². The molecule has 7 heteroatoms. The largest absolute Gasteiger partial charge is 0.344 e. The van der Waals surface area contributed by atoms with Crippen LogP contribution in [0.2, 0.25) is 0 Å². The van der Waals surface area contributed by atoms with Gasteiger partial charge in [0, 0.05) is 6.54 Å². The second-order valence-corrected chi connectivity index (χ2v) is 6.82. The Morgan fingerprint density at radius 1 is 1.42 bits per heavy atom. The number of hydrogen-bond acceptors (Lipinski definition) is 4. The predicted octanol–water partition coefficient (Wildman–Crippen LogP) is -0.0831. The Bertz CT molecular complexity index is 586. The first-order chi connectivity index (χ1) is 11.7. The molecule has 0 saturated carbocycles. The fourth-order valence-corrected chi connectivity index (χ4v) is 3.64. The van der Waals surface area contributed by atoms with Gasteiger partial charge >= 0.3 is 0 Å². The SMILES string of the molecule is C#CCNC(=O)CSc1nnc(CC[NH+]2CCCCC2)n1CC=C. The Hall–Kier alpha value is -1.78. The normalized spacial score (nSPS) is 15.0. The van der Waals surface area contributed by atoms with Crippen LogP contribution in [0.15, 0.2) is 17.8 Å². The topological polar surface area (TPSA) is 64.2 Å². The Labute approximate surface area is 148 Å². The first-order valence-electron chi connectivity index (χ1n) is 8.44. The van der Waals surface area contributed by atoms with Crippen LogP contribution in [0.4, 0.5) is 0 Å². The Balaban J connectivity index is 1.91. The fraction of sp³-hybridized carbons (Fsp3) is 0.588. The van der Waals surface area contributed by atoms with Crippen molar-refractivity contribution < 1.29 is 9.69 Å². The summed E-state index contributed by atoms with van der Waals surface area (Å²) in [6, 6.07) is 0. The summed E-state index contributed by atoms with van der Waals surface area (Å²) in [5, 5.41) is 12.0. The van der Waals surface area contributed by atoms with Crippen molar-refractivity contribution in [2.75, 3.05) is 31.9 Å². The van der Waals surface area contributed by atoms with E-state index in [1.54, 1.807) is 4.90 Å². The molecule has 1 fully saturated rings. The molecule has 0 spiro atoms. The minimum atomic E-state index is -0.0922. The van der Waals surface area contributed by atoms with Crippen LogP contribution in [-0.4, -0.2) is 52.6 Å². The smallest absolute Gasteiger partial charge is 0.231 e. The molecule has 0 aliphatic carbocycles. The van der Waals surface area contributed by atoms with Crippen LogP contribution in [0.3, 0.4) is 0 Å². The van der Waals surface area contributed by atoms with E-state index in [-0.39, 0.29) is 18.2 Å². The van der Waals surface area contributed by atoms with E-state index in [1.165, 1.54) is 44.1 Å². The van der Waals surface area contributed by atoms with E-state index in [0.717, 1.165) is 23.9 Å². The van der Waals surface area contributed by atoms with Gasteiger partial charge in [-0.2, -0.15) is 0 Å². The average Bonchev–Trinajstić information content (AvgIpc) is 2.99. The summed E-state index contributed by atoms with van der Waals surface area (Å²) in [4.78, 5) is 13.3. The van der Waals surface area contributed by atoms with Crippen LogP contribution in [0.5, 0.6) is 0 Å². The maximum Gasteiger partial charge on any atom is 0.231 e. The van der Waals surface area contributed by atoms with Crippen molar-refractivity contribution in [2.24, 2.45) is 0 Å². The number of rotatable bonds is 9. The van der Waals surface area contributed by atoms with Crippen LogP contribution >= 0.6 is 11.8 Å². The molecule has 6 nitrogen and oxygen atoms in total. The number of amides is 1. The molecule has 1 aliphatic heterocycles. The van der Waals surface area contributed by atoms with E-state index in [1.807, 2.05) is 6.08 Å². The highest BCUT2D eigenvalue weighted by Gasteiger charge is 2.17. The number of likely N-dealkylation sites (tertiary alicyclic amines) is 1. The molecule has 0 unspecified atom stereocenters. The molecule has 24 heavy (non-hydrogen) atoms. The van der Waals surface area contributed by atoms with Gasteiger partial charge in [-0.15, -0.1) is 23.2 Å². The molecule has 0 aromatic carbocycles. The molecule has 1 aromatic rings. The lowest BCUT2D eigenvalue weighted by Gasteiger charge is -2.23. The predicted molar refractivity (Wildman–Crippen MR) is 95.9 cm³/mol. The van der Waals surface area contributed by atoms with Gasteiger partial charge in [0.15, 0.2) is 5.16 Å². The molecular weight excluding hydrogens is 322 g/mol. The van der Waals surface area contributed by atoms with E-state index in [2.05, 4.69) is 32.6 Å². The van der Waals surface area contributed by atoms with E-state index in [4.69, 9.17) is 6.42 Å². The molecule has 0 atom stereocenters. The summed E-state index contributed by atoms with van der Waals surface area (Å²) < 4.78 is 2.05. The van der Waals surface area contributed by atoms with Gasteiger partial charge in [-0.3, -0.25) is 4.79 Å². The Kier molecular flexibility index (Phi) is 7.86. The summed E-state index contributed by atoms with van der Waals surface area (Å²) in [5.41, 5.74) is 0. The van der Waals surface area contributed by atoms with Crippen molar-refractivity contribution in [3.8, 4) is 12.3 Å². The molecule has 1 saturated heterocycles. The zero-order valence-electron chi connectivity index (χ0n) is 14.1. The summed E-state index contributed by atoms with van der Waals surface area (Å²) in [5.74, 6) is 3.56. The van der Waals surface area contributed by atoms with Crippen LogP contribution in [0.1, 0.15) is 25.1 Å². The number of nitrogens with one attached hydrogen (secondary N) is 2. The monoisotopic (exact) mass is 348 g/mol. The lowest BCUT2D eigenvalue weighted by Crippen LogP contribution is -3.13. The maximum absolute atomic E-state index is 11.7. The summed E-state index contributed by atoms with van der Waals surface area (Å²) in [6.45, 7) is 8.32. The molecule has 0 radical (unpaired) electrons. The number of quaternary nitrogens is 1. The van der Waals surface area contributed by atoms with Crippen molar-refractivity contribution >= 4 is 17.7 Å². The quantitative estimate of drug-likeness (QED) is 0.372. The van der Waals surface area contributed by atoms with Crippen molar-refractivity contribution in [2.45, 2.75) is 37.4 Å². The number of carbonyl (C=O) groups excluding carboxylic acids is 1. The molecule has 1 amide bonds. The fourth-order valence-electron chi connectivity index (χ4n) is 2.84. The number of allylic oxidation sites excluding steroid dienone is 1. The molecule has 1 aromatic heterocycles. The van der Waals surface area contributed by atoms with Crippen molar-refractivity contribution in [1.82, 2.24) is 20.1 Å². The van der Waals surface area contributed by atoms with E-state index in [0.29, 0.717) is 6.54 Å². The van der Waals surface area contributed by atoms with Gasteiger partial charge in [-0.05, 0) is 19.3 Å². The van der Waals surface area contributed by atoms with E-state index < -0.39 is 0 Å². The number of terminal acetylenes is 1. The van der Waals surface area contributed by atoms with E-state index in [9.17, 15) is 4.79 Å². The number of carbonyl (C=O) groups is 1. The van der Waals surface area contributed by atoms with Crippen LogP contribution in [-0.2, 0) is 17.8 Å². The molecule has 1 aliphatic rings. The highest BCUT2D eigenvalue weighted by atomic mass is 32.2. The third-order valence-corrected chi connectivity index (χ3v) is 5.05. The maximum atomic E-state index is 11.7. The molecule has 2 heterocycles. The zero-order chi connectivity index (χ0) is 17.2. The molecule has 2 N–H and O–H groups in total. The van der Waals surface area contributed by atoms with Crippen LogP contribution in [0, 0.1) is 12.3 Å². The lowest BCUT2D eigenvalue weighted by molar-refractivity contribution is -0.904. The number of nitrogens with zero attached hydrogens (tertiary/aromatic N) is 3. The zero-order valence-corrected chi connectivity index (χ0v) is 14.9. The molecule has 2 rings (SSSR count). The van der Waals surface area contributed by atoms with Gasteiger partial charge in [0.2, 0.25) is 5.91 Å². The van der Waals surface area contributed by atoms with Gasteiger partial charge in [-0.1, -0.05) is 23.8 Å². The minimum absolute atomic E-state index is 0.0922. The Morgan fingerprint density at radius 2 is 2.21 bits per heavy atom. The Morgan fingerprint density at radius 3 is 2.92 bits per heavy atom. The number of thioether (sulfide) groups is 1. The van der Waals surface area contributed by atoms with Crippen molar-refractivity contribution in [3.63, 3.8) is 0 Å². The molecule has 0 bridgehead atoms. The third-order valence-electron chi connectivity index (χ3n) is 4.09. The minimum Gasteiger partial charge on any atom is -0.344 e. The second-order valence-electron chi connectivity index (χ2n) is 5.88. The van der Waals surface area contributed by atoms with Crippen molar-refractivity contribution in [3.05, 3.63) is 18.5 Å². The number of hydrogen-bond donors (Lipinski definition) is 2. The first kappa shape index (κ1) is 18.6. The van der Waals surface area contributed by atoms with E-state index >= 15 is 0 Å². The lowest BCUT2D eigenvalue weighted by atomic mass is 10.1. The van der Waals surface area contributed by atoms with Gasteiger partial charge in [-0.25, -0.2) is 0 Å². The summed E-state index contributed by atoms with van der Waals surface area (Å²) in [7, 11) is 0. The molecule has 130 valence electrons. The van der Waals surface area contributed by atoms with Crippen LogP contribution < -0.4 is 10.2 Å². The van der Waals surface area contributed by atoms with Gasteiger partial charge < -0.3 is 14.8 Å². The van der Waals surface area contributed by atoms with Gasteiger partial charge in [0.25, 0.3) is 0 Å². The second kappa shape index (κ2) is 10.2. The average molecular weight is 348 g/mol. The first-order valence-corrected chi connectivity index (χ1v) is 9.42. The number of piperidine rings is 1. The highest BCUT2D eigenvalue weighted by Crippen LogP contribution is 2.17. The van der Waals surface area contributed by atoms with Gasteiger partial charge in [0.1, 0.15) is 5.82 Å². The molecular formula is C17H26N5OS+. The highest BCUT2D eigenvalue weighted by molar-refractivity contribution is 7.99. The standard InChI is InChI=1S/C17H25N5OS/c1-3-9-18-16(23)14-24-17-20-19-15(22(17)10-4-2)8-13-21-11-6-5-7-12-21/h1,4H,2,5-14H2,(H,18,23)/p+1. The third kappa shape index (κ3) is 5.69. The van der Waals surface area contributed by atoms with Crippen LogP contribution in [0.25, 0.3) is 0 Å². The number of aromatic nitrogens is 3. The van der Waals surface area contributed by atoms with Crippen molar-refractivity contribution in [1.29, 1.82) is 0 Å². The summed E-state index contributed by atoms with van der Waals surface area (Å²) >= 11 is 1.38. The summed E-state index contributed by atoms with van der Waals surface area (Å²) in [6.07, 6.45) is 11.9.